The Morgan fingerprint density at radius 3 is 2.14 bits per heavy atom. The van der Waals surface area contributed by atoms with E-state index < -0.39 is 35.2 Å². The van der Waals surface area contributed by atoms with E-state index in [1.807, 2.05) is 18.2 Å². The molecule has 2 aromatic carbocycles. The van der Waals surface area contributed by atoms with Crippen molar-refractivity contribution in [2.24, 2.45) is 0 Å². The molecule has 0 fully saturated rings. The van der Waals surface area contributed by atoms with Crippen LogP contribution in [0.4, 0.5) is 32.0 Å². The molecule has 3 aromatic rings. The molecule has 0 saturated heterocycles. The number of alkyl halides is 6. The second-order valence-corrected chi connectivity index (χ2v) is 6.66. The van der Waals surface area contributed by atoms with Gasteiger partial charge in [-0.15, -0.1) is 0 Å². The normalized spacial score (nSPS) is 13.3. The number of H-pyrrole nitrogens is 1. The molecule has 1 aromatic heterocycles. The molecule has 0 aliphatic rings. The van der Waals surface area contributed by atoms with Crippen molar-refractivity contribution in [3.05, 3.63) is 59.4 Å². The zero-order valence-corrected chi connectivity index (χ0v) is 15.6. The number of fused-ring (bicyclic) bond motifs is 1. The first-order chi connectivity index (χ1) is 13.4. The van der Waals surface area contributed by atoms with Crippen LogP contribution in [-0.2, 0) is 12.4 Å². The van der Waals surface area contributed by atoms with Crippen molar-refractivity contribution < 1.29 is 26.3 Å². The Morgan fingerprint density at radius 1 is 1.00 bits per heavy atom. The zero-order chi connectivity index (χ0) is 21.4. The molecular formula is C18H14F6N4S. The molecule has 1 heterocycles. The summed E-state index contributed by atoms with van der Waals surface area (Å²) in [7, 11) is 0. The lowest BCUT2D eigenvalue weighted by molar-refractivity contribution is -0.143. The van der Waals surface area contributed by atoms with E-state index in [2.05, 4.69) is 20.6 Å². The topological polar surface area (TPSA) is 52.7 Å². The van der Waals surface area contributed by atoms with Crippen molar-refractivity contribution in [2.45, 2.75) is 25.3 Å². The van der Waals surface area contributed by atoms with E-state index >= 15 is 0 Å². The quantitative estimate of drug-likeness (QED) is 0.370. The molecule has 0 spiro atoms. The van der Waals surface area contributed by atoms with Crippen LogP contribution >= 0.6 is 12.2 Å². The molecule has 11 heteroatoms. The van der Waals surface area contributed by atoms with E-state index in [1.54, 1.807) is 13.0 Å². The lowest BCUT2D eigenvalue weighted by Crippen LogP contribution is -2.31. The maximum Gasteiger partial charge on any atom is 0.416 e. The molecule has 0 amide bonds. The van der Waals surface area contributed by atoms with Crippen LogP contribution in [0.2, 0.25) is 0 Å². The van der Waals surface area contributed by atoms with E-state index in [1.165, 1.54) is 0 Å². The largest absolute Gasteiger partial charge is 0.416 e. The summed E-state index contributed by atoms with van der Waals surface area (Å²) in [5.74, 6) is 0.510. The number of rotatable bonds is 3. The summed E-state index contributed by atoms with van der Waals surface area (Å²) in [6.45, 7) is 1.69. The second-order valence-electron chi connectivity index (χ2n) is 6.25. The maximum atomic E-state index is 13.0. The molecule has 29 heavy (non-hydrogen) atoms. The van der Waals surface area contributed by atoms with E-state index in [-0.39, 0.29) is 11.2 Å². The standard InChI is InChI=1S/C18H14F6N4S/c1-9(15-27-13-4-2-3-5-14(13)28-15)25-16(29)26-12-7-10(17(19,20)21)6-11(8-12)18(22,23)24/h2-9H,1H3,(H,27,28)(H2,25,26,29)/t9-/m0/s1. The average molecular weight is 432 g/mol. The van der Waals surface area contributed by atoms with Gasteiger partial charge in [-0.25, -0.2) is 4.98 Å². The first-order valence-corrected chi connectivity index (χ1v) is 8.66. The molecule has 0 saturated carbocycles. The predicted molar refractivity (Wildman–Crippen MR) is 100 cm³/mol. The fraction of sp³-hybridized carbons (Fsp3) is 0.222. The zero-order valence-electron chi connectivity index (χ0n) is 14.7. The molecule has 0 unspecified atom stereocenters. The highest BCUT2D eigenvalue weighted by Gasteiger charge is 2.37. The van der Waals surface area contributed by atoms with Gasteiger partial charge in [-0.2, -0.15) is 26.3 Å². The highest BCUT2D eigenvalue weighted by Crippen LogP contribution is 2.37. The Labute approximate surface area is 166 Å². The summed E-state index contributed by atoms with van der Waals surface area (Å²) in [4.78, 5) is 7.43. The third-order valence-electron chi connectivity index (χ3n) is 4.01. The number of anilines is 1. The Bertz CT molecular complexity index is 975. The number of hydrogen-bond acceptors (Lipinski definition) is 2. The van der Waals surface area contributed by atoms with Gasteiger partial charge in [-0.3, -0.25) is 0 Å². The van der Waals surface area contributed by atoms with E-state index in [0.29, 0.717) is 23.5 Å². The van der Waals surface area contributed by atoms with Gasteiger partial charge in [0.15, 0.2) is 5.11 Å². The van der Waals surface area contributed by atoms with Crippen LogP contribution in [0.5, 0.6) is 0 Å². The lowest BCUT2D eigenvalue weighted by atomic mass is 10.1. The molecular weight excluding hydrogens is 418 g/mol. The van der Waals surface area contributed by atoms with Gasteiger partial charge in [0.25, 0.3) is 0 Å². The molecule has 0 radical (unpaired) electrons. The van der Waals surface area contributed by atoms with Gasteiger partial charge in [0.05, 0.1) is 28.2 Å². The third-order valence-corrected chi connectivity index (χ3v) is 4.23. The summed E-state index contributed by atoms with van der Waals surface area (Å²) in [6, 6.07) is 7.94. The smallest absolute Gasteiger partial charge is 0.353 e. The summed E-state index contributed by atoms with van der Waals surface area (Å²) in [6.07, 6.45) is -9.87. The predicted octanol–water partition coefficient (Wildman–Crippen LogP) is 5.65. The third kappa shape index (κ3) is 4.97. The van der Waals surface area contributed by atoms with Crippen LogP contribution in [-0.4, -0.2) is 15.1 Å². The van der Waals surface area contributed by atoms with Gasteiger partial charge in [0.2, 0.25) is 0 Å². The average Bonchev–Trinajstić information content (AvgIpc) is 3.04. The van der Waals surface area contributed by atoms with Gasteiger partial charge in [0.1, 0.15) is 5.82 Å². The molecule has 3 N–H and O–H groups in total. The fourth-order valence-electron chi connectivity index (χ4n) is 2.64. The van der Waals surface area contributed by atoms with Crippen LogP contribution in [0.3, 0.4) is 0 Å². The van der Waals surface area contributed by atoms with Gasteiger partial charge in [0, 0.05) is 5.69 Å². The molecule has 1 atom stereocenters. The number of nitrogens with one attached hydrogen (secondary N) is 3. The first kappa shape index (κ1) is 20.9. The van der Waals surface area contributed by atoms with Gasteiger partial charge in [-0.1, -0.05) is 12.1 Å². The van der Waals surface area contributed by atoms with Crippen LogP contribution < -0.4 is 10.6 Å². The van der Waals surface area contributed by atoms with Crippen LogP contribution in [0.1, 0.15) is 29.9 Å². The summed E-state index contributed by atoms with van der Waals surface area (Å²) in [5.41, 5.74) is -1.79. The van der Waals surface area contributed by atoms with Crippen molar-refractivity contribution in [1.29, 1.82) is 0 Å². The number of nitrogens with zero attached hydrogens (tertiary/aromatic N) is 1. The number of thiocarbonyl (C=S) groups is 1. The van der Waals surface area contributed by atoms with Crippen LogP contribution in [0.25, 0.3) is 11.0 Å². The fourth-order valence-corrected chi connectivity index (χ4v) is 2.93. The minimum atomic E-state index is -4.94. The lowest BCUT2D eigenvalue weighted by Gasteiger charge is -2.18. The maximum absolute atomic E-state index is 13.0. The van der Waals surface area contributed by atoms with Crippen LogP contribution in [0.15, 0.2) is 42.5 Å². The molecule has 4 nitrogen and oxygen atoms in total. The Kier molecular flexibility index (Phi) is 5.44. The number of para-hydroxylation sites is 2. The molecule has 3 rings (SSSR count). The first-order valence-electron chi connectivity index (χ1n) is 8.25. The summed E-state index contributed by atoms with van der Waals surface area (Å²) >= 11 is 5.04. The van der Waals surface area contributed by atoms with Crippen LogP contribution in [0, 0.1) is 0 Å². The number of imidazole rings is 1. The van der Waals surface area contributed by atoms with Crippen molar-refractivity contribution in [2.75, 3.05) is 5.32 Å². The van der Waals surface area contributed by atoms with Gasteiger partial charge in [-0.05, 0) is 49.5 Å². The number of halogens is 6. The summed E-state index contributed by atoms with van der Waals surface area (Å²) in [5, 5.41) is 5.02. The Morgan fingerprint density at radius 2 is 1.59 bits per heavy atom. The Balaban J connectivity index is 1.78. The SMILES string of the molecule is C[C@H](NC(=S)Nc1cc(C(F)(F)F)cc(C(F)(F)F)c1)c1nc2ccccc2[nH]1. The van der Waals surface area contributed by atoms with Gasteiger partial charge < -0.3 is 15.6 Å². The summed E-state index contributed by atoms with van der Waals surface area (Å²) < 4.78 is 77.7. The van der Waals surface area contributed by atoms with Gasteiger partial charge >= 0.3 is 12.4 Å². The van der Waals surface area contributed by atoms with Crippen molar-refractivity contribution in [3.8, 4) is 0 Å². The van der Waals surface area contributed by atoms with Crippen molar-refractivity contribution >= 4 is 34.1 Å². The second kappa shape index (κ2) is 7.54. The van der Waals surface area contributed by atoms with E-state index in [9.17, 15) is 26.3 Å². The highest BCUT2D eigenvalue weighted by molar-refractivity contribution is 7.80. The number of aromatic amines is 1. The number of aromatic nitrogens is 2. The molecule has 0 bridgehead atoms. The number of hydrogen-bond donors (Lipinski definition) is 3. The van der Waals surface area contributed by atoms with Crippen molar-refractivity contribution in [3.63, 3.8) is 0 Å². The van der Waals surface area contributed by atoms with Crippen molar-refractivity contribution in [1.82, 2.24) is 15.3 Å². The van der Waals surface area contributed by atoms with E-state index in [0.717, 1.165) is 5.52 Å². The minimum Gasteiger partial charge on any atom is -0.353 e. The number of benzene rings is 2. The molecule has 0 aliphatic carbocycles. The molecule has 154 valence electrons. The molecule has 0 aliphatic heterocycles. The monoisotopic (exact) mass is 432 g/mol. The minimum absolute atomic E-state index is 0.0542. The van der Waals surface area contributed by atoms with E-state index in [4.69, 9.17) is 12.2 Å². The highest BCUT2D eigenvalue weighted by atomic mass is 32.1. The Hall–Kier alpha value is -2.82.